The molecule has 0 radical (unpaired) electrons. The molecule has 1 N–H and O–H groups in total. The van der Waals surface area contributed by atoms with E-state index in [-0.39, 0.29) is 12.3 Å². The third kappa shape index (κ3) is 2.61. The van der Waals surface area contributed by atoms with Crippen LogP contribution >= 0.6 is 11.6 Å². The summed E-state index contributed by atoms with van der Waals surface area (Å²) in [6.07, 6.45) is 2.60. The molecule has 1 unspecified atom stereocenters. The van der Waals surface area contributed by atoms with Gasteiger partial charge in [0.2, 0.25) is 0 Å². The monoisotopic (exact) mass is 300 g/mol. The number of hydrogen-bond acceptors (Lipinski definition) is 4. The molecule has 0 amide bonds. The first-order valence-electron chi connectivity index (χ1n) is 6.91. The first kappa shape index (κ1) is 14.0. The van der Waals surface area contributed by atoms with Gasteiger partial charge >= 0.3 is 0 Å². The quantitative estimate of drug-likeness (QED) is 0.821. The van der Waals surface area contributed by atoms with E-state index in [1.165, 1.54) is 6.07 Å². The Balaban J connectivity index is 1.95. The van der Waals surface area contributed by atoms with Crippen LogP contribution in [-0.4, -0.2) is 29.8 Å². The second-order valence-electron chi connectivity index (χ2n) is 5.52. The number of aromatic nitrogens is 2. The second-order valence-corrected chi connectivity index (χ2v) is 5.93. The Morgan fingerprint density at radius 1 is 1.57 bits per heavy atom. The first-order chi connectivity index (χ1) is 10.1. The van der Waals surface area contributed by atoms with E-state index in [0.717, 1.165) is 30.5 Å². The molecular formula is C14H14BClN4O. The maximum Gasteiger partial charge on any atom is 0.274 e. The zero-order valence-electron chi connectivity index (χ0n) is 11.6. The summed E-state index contributed by atoms with van der Waals surface area (Å²) in [7, 11) is 0. The van der Waals surface area contributed by atoms with E-state index in [1.807, 2.05) is 6.07 Å². The van der Waals surface area contributed by atoms with E-state index in [4.69, 9.17) is 16.9 Å². The lowest BCUT2D eigenvalue weighted by molar-refractivity contribution is 0.738. The van der Waals surface area contributed by atoms with E-state index in [9.17, 15) is 4.79 Å². The highest BCUT2D eigenvalue weighted by atomic mass is 35.5. The average molecular weight is 301 g/mol. The van der Waals surface area contributed by atoms with Crippen molar-refractivity contribution < 1.29 is 0 Å². The van der Waals surface area contributed by atoms with Crippen LogP contribution < -0.4 is 10.5 Å². The number of hydrogen-bond donors (Lipinski definition) is 1. The number of halogens is 1. The largest absolute Gasteiger partial charge is 0.371 e. The molecule has 0 aliphatic carbocycles. The highest BCUT2D eigenvalue weighted by Gasteiger charge is 2.30. The van der Waals surface area contributed by atoms with Crippen LogP contribution in [0, 0.1) is 11.2 Å². The molecule has 1 fully saturated rings. The number of rotatable bonds is 1. The van der Waals surface area contributed by atoms with Crippen LogP contribution in [0.4, 0.5) is 5.69 Å². The predicted octanol–water partition coefficient (Wildman–Crippen LogP) is 2.34. The van der Waals surface area contributed by atoms with Gasteiger partial charge < -0.3 is 9.88 Å². The average Bonchev–Trinajstić information content (AvgIpc) is 2.46. The van der Waals surface area contributed by atoms with Crippen LogP contribution in [0.2, 0.25) is 17.2 Å². The number of nitriles is 1. The number of fused-ring (bicyclic) bond motifs is 1. The van der Waals surface area contributed by atoms with Crippen molar-refractivity contribution in [2.75, 3.05) is 18.0 Å². The van der Waals surface area contributed by atoms with Crippen LogP contribution in [-0.2, 0) is 0 Å². The van der Waals surface area contributed by atoms with Crippen molar-refractivity contribution in [3.63, 3.8) is 0 Å². The van der Waals surface area contributed by atoms with Crippen LogP contribution in [0.5, 0.6) is 0 Å². The lowest BCUT2D eigenvalue weighted by atomic mass is 9.39. The molecule has 2 aromatic rings. The Labute approximate surface area is 127 Å². The van der Waals surface area contributed by atoms with Crippen LogP contribution in [0.3, 0.4) is 0 Å². The topological polar surface area (TPSA) is 72.8 Å². The molecule has 1 atom stereocenters. The molecule has 1 saturated heterocycles. The van der Waals surface area contributed by atoms with Gasteiger partial charge in [-0.3, -0.25) is 4.79 Å². The van der Waals surface area contributed by atoms with Crippen molar-refractivity contribution in [1.82, 2.24) is 9.97 Å². The van der Waals surface area contributed by atoms with E-state index in [0.29, 0.717) is 16.5 Å². The Morgan fingerprint density at radius 3 is 3.10 bits per heavy atom. The summed E-state index contributed by atoms with van der Waals surface area (Å²) in [5, 5.41) is 10.2. The number of H-pyrrole nitrogens is 1. The molecule has 1 aliphatic rings. The summed E-state index contributed by atoms with van der Waals surface area (Å²) >= 11 is 6.13. The van der Waals surface area contributed by atoms with Gasteiger partial charge in [0.15, 0.2) is 0 Å². The number of anilines is 1. The maximum atomic E-state index is 11.4. The van der Waals surface area contributed by atoms with Gasteiger partial charge in [-0.25, -0.2) is 10.2 Å². The molecule has 3 rings (SSSR count). The van der Waals surface area contributed by atoms with E-state index < -0.39 is 0 Å². The van der Waals surface area contributed by atoms with Crippen molar-refractivity contribution in [2.24, 2.45) is 0 Å². The minimum absolute atomic E-state index is 0.120. The fourth-order valence-corrected chi connectivity index (χ4v) is 3.07. The highest BCUT2D eigenvalue weighted by molar-refractivity contribution is 6.68. The summed E-state index contributed by atoms with van der Waals surface area (Å²) in [5.41, 5.74) is 1.21. The van der Waals surface area contributed by atoms with Crippen molar-refractivity contribution in [3.8, 4) is 5.97 Å². The molecule has 5 nitrogen and oxygen atoms in total. The zero-order valence-corrected chi connectivity index (χ0v) is 12.4. The molecule has 0 saturated carbocycles. The van der Waals surface area contributed by atoms with E-state index in [1.54, 1.807) is 6.20 Å². The van der Waals surface area contributed by atoms with Gasteiger partial charge in [-0.2, -0.15) is 0 Å². The number of pyridine rings is 2. The molecule has 21 heavy (non-hydrogen) atoms. The molecule has 1 aliphatic heterocycles. The molecule has 0 spiro atoms. The second kappa shape index (κ2) is 5.42. The summed E-state index contributed by atoms with van der Waals surface area (Å²) in [4.78, 5) is 20.6. The lowest BCUT2D eigenvalue weighted by Gasteiger charge is -2.34. The van der Waals surface area contributed by atoms with E-state index in [2.05, 4.69) is 27.8 Å². The van der Waals surface area contributed by atoms with Gasteiger partial charge in [-0.1, -0.05) is 18.5 Å². The fourth-order valence-electron chi connectivity index (χ4n) is 2.83. The minimum Gasteiger partial charge on any atom is -0.371 e. The smallest absolute Gasteiger partial charge is 0.274 e. The molecule has 0 bridgehead atoms. The zero-order chi connectivity index (χ0) is 15.0. The molecule has 106 valence electrons. The maximum absolute atomic E-state index is 11.4. The number of nitrogens with zero attached hydrogens (tertiary/aromatic N) is 3. The van der Waals surface area contributed by atoms with Crippen molar-refractivity contribution in [3.05, 3.63) is 33.7 Å². The van der Waals surface area contributed by atoms with Gasteiger partial charge in [0.1, 0.15) is 5.65 Å². The van der Waals surface area contributed by atoms with Crippen molar-refractivity contribution >= 4 is 35.0 Å². The molecule has 0 aromatic carbocycles. The molecule has 2 aromatic heterocycles. The third-order valence-corrected chi connectivity index (χ3v) is 4.38. The van der Waals surface area contributed by atoms with Crippen LogP contribution in [0.15, 0.2) is 23.1 Å². The predicted molar refractivity (Wildman–Crippen MR) is 85.2 cm³/mol. The summed E-state index contributed by atoms with van der Waals surface area (Å²) < 4.78 is 0. The third-order valence-electron chi connectivity index (χ3n) is 4.07. The molecule has 3 heterocycles. The van der Waals surface area contributed by atoms with Gasteiger partial charge in [0.05, 0.1) is 16.9 Å². The number of aromatic amines is 1. The summed E-state index contributed by atoms with van der Waals surface area (Å²) in [6.45, 7) is 3.87. The van der Waals surface area contributed by atoms with E-state index >= 15 is 0 Å². The Morgan fingerprint density at radius 2 is 2.38 bits per heavy atom. The SMILES string of the molecule is CC1CN(c2cnc3[nH]c(=O)cc(Cl)c3c2)CCB1C#N. The Bertz CT molecular complexity index is 785. The Hall–Kier alpha value is -2.00. The normalized spacial score (nSPS) is 18.8. The minimum atomic E-state index is -0.254. The van der Waals surface area contributed by atoms with Gasteiger partial charge in [0.25, 0.3) is 12.3 Å². The Kier molecular flexibility index (Phi) is 3.60. The van der Waals surface area contributed by atoms with Crippen LogP contribution in [0.25, 0.3) is 11.0 Å². The standard InChI is InChI=1S/C14H14BClN4O/c1-9-7-20(3-2-15(9)8-17)10-4-11-12(16)5-13(21)19-14(11)18-6-10/h4-6,9H,2-3,7H2,1H3,(H,18,19,21). The van der Waals surface area contributed by atoms with Crippen molar-refractivity contribution in [1.29, 1.82) is 5.26 Å². The summed E-state index contributed by atoms with van der Waals surface area (Å²) in [6, 6.07) is 3.31. The molecule has 7 heteroatoms. The fraction of sp³-hybridized carbons (Fsp3) is 0.357. The van der Waals surface area contributed by atoms with Crippen LogP contribution in [0.1, 0.15) is 6.92 Å². The van der Waals surface area contributed by atoms with Crippen molar-refractivity contribution in [2.45, 2.75) is 19.1 Å². The van der Waals surface area contributed by atoms with Gasteiger partial charge in [-0.05, 0) is 18.2 Å². The highest BCUT2D eigenvalue weighted by Crippen LogP contribution is 2.28. The first-order valence-corrected chi connectivity index (χ1v) is 7.29. The summed E-state index contributed by atoms with van der Waals surface area (Å²) in [5.74, 6) is 2.69. The van der Waals surface area contributed by atoms with Gasteiger partial charge in [0, 0.05) is 30.5 Å². The lowest BCUT2D eigenvalue weighted by Crippen LogP contribution is -2.40. The van der Waals surface area contributed by atoms with Gasteiger partial charge in [-0.15, -0.1) is 0 Å². The molecular weight excluding hydrogens is 286 g/mol. The number of nitrogens with one attached hydrogen (secondary N) is 1.